The van der Waals surface area contributed by atoms with Gasteiger partial charge in [0.2, 0.25) is 0 Å². The Morgan fingerprint density at radius 2 is 1.89 bits per heavy atom. The SMILES string of the molecule is CCOCCOC(=O)C1=C(C)NC2=C(C(=O)CCC2)[C@H]1c1ccc(C)cc1. The average molecular weight is 369 g/mol. The minimum atomic E-state index is -0.393. The molecule has 0 fully saturated rings. The lowest BCUT2D eigenvalue weighted by atomic mass is 9.75. The zero-order valence-electron chi connectivity index (χ0n) is 16.3. The number of carbonyl (C=O) groups excluding carboxylic acids is 2. The molecule has 0 aromatic heterocycles. The number of ether oxygens (including phenoxy) is 2. The number of rotatable bonds is 6. The second-order valence-corrected chi connectivity index (χ2v) is 7.01. The van der Waals surface area contributed by atoms with Gasteiger partial charge in [-0.05, 0) is 39.2 Å². The summed E-state index contributed by atoms with van der Waals surface area (Å²) >= 11 is 0. The highest BCUT2D eigenvalue weighted by molar-refractivity contribution is 6.03. The topological polar surface area (TPSA) is 64.6 Å². The Hall–Kier alpha value is -2.40. The molecule has 1 aliphatic carbocycles. The fourth-order valence-corrected chi connectivity index (χ4v) is 3.76. The van der Waals surface area contributed by atoms with Crippen molar-refractivity contribution in [1.29, 1.82) is 0 Å². The number of Topliss-reactive ketones (excluding diaryl/α,β-unsaturated/α-hetero) is 1. The fraction of sp³-hybridized carbons (Fsp3) is 0.455. The van der Waals surface area contributed by atoms with Crippen LogP contribution in [-0.4, -0.2) is 31.6 Å². The van der Waals surface area contributed by atoms with E-state index in [1.165, 1.54) is 0 Å². The van der Waals surface area contributed by atoms with Crippen LogP contribution in [-0.2, 0) is 19.1 Å². The second-order valence-electron chi connectivity index (χ2n) is 7.01. The monoisotopic (exact) mass is 369 g/mol. The van der Waals surface area contributed by atoms with Gasteiger partial charge in [0.1, 0.15) is 6.61 Å². The van der Waals surface area contributed by atoms with Crippen molar-refractivity contribution in [3.8, 4) is 0 Å². The summed E-state index contributed by atoms with van der Waals surface area (Å²) in [5, 5.41) is 3.30. The van der Waals surface area contributed by atoms with Crippen LogP contribution in [0.2, 0.25) is 0 Å². The predicted octanol–water partition coefficient (Wildman–Crippen LogP) is 3.54. The van der Waals surface area contributed by atoms with Crippen LogP contribution in [0.1, 0.15) is 50.2 Å². The number of carbonyl (C=O) groups is 2. The Balaban J connectivity index is 1.97. The summed E-state index contributed by atoms with van der Waals surface area (Å²) < 4.78 is 10.7. The number of hydrogen-bond donors (Lipinski definition) is 1. The van der Waals surface area contributed by atoms with Gasteiger partial charge < -0.3 is 14.8 Å². The Labute approximate surface area is 160 Å². The Kier molecular flexibility index (Phi) is 6.11. The summed E-state index contributed by atoms with van der Waals surface area (Å²) in [6.07, 6.45) is 2.19. The Bertz CT molecular complexity index is 789. The molecule has 2 aliphatic rings. The van der Waals surface area contributed by atoms with E-state index < -0.39 is 5.97 Å². The molecular formula is C22H27NO4. The first-order chi connectivity index (χ1) is 13.0. The molecular weight excluding hydrogens is 342 g/mol. The lowest BCUT2D eigenvalue weighted by Gasteiger charge is -2.34. The molecule has 5 nitrogen and oxygen atoms in total. The van der Waals surface area contributed by atoms with Gasteiger partial charge in [-0.25, -0.2) is 4.79 Å². The number of nitrogens with one attached hydrogen (secondary N) is 1. The van der Waals surface area contributed by atoms with Crippen molar-refractivity contribution in [1.82, 2.24) is 5.32 Å². The summed E-state index contributed by atoms with van der Waals surface area (Å²) in [5.74, 6) is -0.661. The number of aryl methyl sites for hydroxylation is 1. The summed E-state index contributed by atoms with van der Waals surface area (Å²) in [5.41, 5.74) is 5.02. The second kappa shape index (κ2) is 8.53. The van der Waals surface area contributed by atoms with Crippen LogP contribution < -0.4 is 5.32 Å². The third-order valence-electron chi connectivity index (χ3n) is 5.07. The first kappa shape index (κ1) is 19.4. The molecule has 144 valence electrons. The van der Waals surface area contributed by atoms with Crippen molar-refractivity contribution in [2.75, 3.05) is 19.8 Å². The molecule has 0 saturated carbocycles. The van der Waals surface area contributed by atoms with Gasteiger partial charge in [-0.3, -0.25) is 4.79 Å². The third kappa shape index (κ3) is 4.14. The lowest BCUT2D eigenvalue weighted by molar-refractivity contribution is -0.140. The van der Waals surface area contributed by atoms with Gasteiger partial charge in [0.25, 0.3) is 0 Å². The minimum Gasteiger partial charge on any atom is -0.460 e. The van der Waals surface area contributed by atoms with Crippen LogP contribution in [0.5, 0.6) is 0 Å². The number of dihydropyridines is 1. The average Bonchev–Trinajstić information content (AvgIpc) is 2.65. The van der Waals surface area contributed by atoms with Crippen LogP contribution in [0.3, 0.4) is 0 Å². The number of esters is 1. The van der Waals surface area contributed by atoms with Crippen LogP contribution in [0, 0.1) is 6.92 Å². The van der Waals surface area contributed by atoms with E-state index in [0.717, 1.165) is 35.4 Å². The van der Waals surface area contributed by atoms with Gasteiger partial charge in [0.15, 0.2) is 5.78 Å². The molecule has 3 rings (SSSR count). The van der Waals surface area contributed by atoms with Crippen LogP contribution >= 0.6 is 0 Å². The van der Waals surface area contributed by atoms with Gasteiger partial charge in [-0.1, -0.05) is 29.8 Å². The molecule has 0 radical (unpaired) electrons. The van der Waals surface area contributed by atoms with Gasteiger partial charge in [0.05, 0.1) is 12.2 Å². The summed E-state index contributed by atoms with van der Waals surface area (Å²) in [6.45, 7) is 6.94. The maximum Gasteiger partial charge on any atom is 0.336 e. The van der Waals surface area contributed by atoms with E-state index in [2.05, 4.69) is 5.32 Å². The molecule has 0 amide bonds. The lowest BCUT2D eigenvalue weighted by Crippen LogP contribution is -2.34. The smallest absolute Gasteiger partial charge is 0.336 e. The zero-order chi connectivity index (χ0) is 19.4. The molecule has 1 N–H and O–H groups in total. The van der Waals surface area contributed by atoms with E-state index in [-0.39, 0.29) is 18.3 Å². The molecule has 0 spiro atoms. The third-order valence-corrected chi connectivity index (χ3v) is 5.07. The fourth-order valence-electron chi connectivity index (χ4n) is 3.76. The first-order valence-electron chi connectivity index (χ1n) is 9.58. The van der Waals surface area contributed by atoms with Gasteiger partial charge in [-0.15, -0.1) is 0 Å². The molecule has 1 atom stereocenters. The van der Waals surface area contributed by atoms with Crippen LogP contribution in [0.15, 0.2) is 46.8 Å². The quantitative estimate of drug-likeness (QED) is 0.614. The van der Waals surface area contributed by atoms with E-state index in [4.69, 9.17) is 9.47 Å². The molecule has 0 bridgehead atoms. The number of allylic oxidation sites excluding steroid dienone is 3. The molecule has 1 aliphatic heterocycles. The number of ketones is 1. The Morgan fingerprint density at radius 1 is 1.15 bits per heavy atom. The van der Waals surface area contributed by atoms with Gasteiger partial charge in [-0.2, -0.15) is 0 Å². The van der Waals surface area contributed by atoms with Crippen molar-refractivity contribution >= 4 is 11.8 Å². The van der Waals surface area contributed by atoms with Crippen LogP contribution in [0.4, 0.5) is 0 Å². The highest BCUT2D eigenvalue weighted by Gasteiger charge is 2.38. The summed E-state index contributed by atoms with van der Waals surface area (Å²) in [6, 6.07) is 8.02. The normalized spacial score (nSPS) is 19.7. The zero-order valence-corrected chi connectivity index (χ0v) is 16.3. The largest absolute Gasteiger partial charge is 0.460 e. The van der Waals surface area contributed by atoms with Crippen molar-refractivity contribution in [2.24, 2.45) is 0 Å². The van der Waals surface area contributed by atoms with E-state index in [9.17, 15) is 9.59 Å². The number of hydrogen-bond acceptors (Lipinski definition) is 5. The molecule has 5 heteroatoms. The maximum absolute atomic E-state index is 12.9. The standard InChI is InChI=1S/C22H27NO4/c1-4-26-12-13-27-22(25)19-15(3)23-17-6-5-7-18(24)21(17)20(19)16-10-8-14(2)9-11-16/h8-11,20,23H,4-7,12-13H2,1-3H3/t20-/m0/s1. The van der Waals surface area contributed by atoms with E-state index in [1.54, 1.807) is 0 Å². The van der Waals surface area contributed by atoms with Crippen molar-refractivity contribution < 1.29 is 19.1 Å². The molecule has 1 heterocycles. The van der Waals surface area contributed by atoms with E-state index >= 15 is 0 Å². The first-order valence-corrected chi connectivity index (χ1v) is 9.58. The van der Waals surface area contributed by atoms with Crippen molar-refractivity contribution in [3.05, 3.63) is 57.9 Å². The molecule has 0 unspecified atom stereocenters. The van der Waals surface area contributed by atoms with Crippen LogP contribution in [0.25, 0.3) is 0 Å². The van der Waals surface area contributed by atoms with Gasteiger partial charge in [0, 0.05) is 35.9 Å². The highest BCUT2D eigenvalue weighted by Crippen LogP contribution is 2.42. The summed E-state index contributed by atoms with van der Waals surface area (Å²) in [7, 11) is 0. The molecule has 27 heavy (non-hydrogen) atoms. The minimum absolute atomic E-state index is 0.112. The predicted molar refractivity (Wildman–Crippen MR) is 103 cm³/mol. The number of benzene rings is 1. The molecule has 1 aromatic carbocycles. The Morgan fingerprint density at radius 3 is 2.59 bits per heavy atom. The summed E-state index contributed by atoms with van der Waals surface area (Å²) in [4.78, 5) is 25.7. The maximum atomic E-state index is 12.9. The van der Waals surface area contributed by atoms with E-state index in [1.807, 2.05) is 45.0 Å². The molecule has 1 aromatic rings. The van der Waals surface area contributed by atoms with Crippen molar-refractivity contribution in [2.45, 2.75) is 46.0 Å². The van der Waals surface area contributed by atoms with Crippen molar-refractivity contribution in [3.63, 3.8) is 0 Å². The molecule has 0 saturated heterocycles. The van der Waals surface area contributed by atoms with Gasteiger partial charge >= 0.3 is 5.97 Å². The van der Waals surface area contributed by atoms with E-state index in [0.29, 0.717) is 30.8 Å². The highest BCUT2D eigenvalue weighted by atomic mass is 16.6.